The minimum atomic E-state index is -2.88. The number of carbonyl (C=O) groups is 1. The van der Waals surface area contributed by atoms with Crippen LogP contribution in [0.25, 0.3) is 11.6 Å². The number of rotatable bonds is 5. The zero-order valence-corrected chi connectivity index (χ0v) is 21.7. The first-order chi connectivity index (χ1) is 18.4. The van der Waals surface area contributed by atoms with Crippen LogP contribution in [-0.4, -0.2) is 65.0 Å². The van der Waals surface area contributed by atoms with E-state index in [1.165, 1.54) is 7.05 Å². The first-order valence-corrected chi connectivity index (χ1v) is 12.3. The van der Waals surface area contributed by atoms with Crippen LogP contribution >= 0.6 is 0 Å². The monoisotopic (exact) mass is 552 g/mol. The lowest BCUT2D eigenvalue weighted by Crippen LogP contribution is -2.52. The molecule has 1 amide bonds. The number of tetrazole rings is 1. The van der Waals surface area contributed by atoms with Crippen LogP contribution in [0.1, 0.15) is 56.8 Å². The molecule has 1 N–H and O–H groups in total. The van der Waals surface area contributed by atoms with Gasteiger partial charge in [-0.2, -0.15) is 13.6 Å². The Balaban J connectivity index is 1.38. The third kappa shape index (κ3) is 5.59. The van der Waals surface area contributed by atoms with Crippen LogP contribution in [0.3, 0.4) is 0 Å². The summed E-state index contributed by atoms with van der Waals surface area (Å²) in [6.45, 7) is 2.67. The standard InChI is InChI=1S/C24H28F4N8O3/c1-24(2,3)39-23(37)30-16-8-13(11-38-19(16)14-7-12(25)5-6-15(14)26)35-9-17-18(10-35)36(22(27)28)21(29-17)20-31-33-34(4)32-20/h5-7,13,16,19,22H,8-11H2,1-4H3,(H,30,37)/t13-,16+,19-/m1/s1. The predicted molar refractivity (Wildman–Crippen MR) is 127 cm³/mol. The van der Waals surface area contributed by atoms with Gasteiger partial charge in [0.05, 0.1) is 31.1 Å². The highest BCUT2D eigenvalue weighted by atomic mass is 19.3. The number of benzene rings is 1. The van der Waals surface area contributed by atoms with Crippen LogP contribution in [0.15, 0.2) is 18.2 Å². The lowest BCUT2D eigenvalue weighted by Gasteiger charge is -2.40. The molecule has 5 rings (SSSR count). The lowest BCUT2D eigenvalue weighted by atomic mass is 9.92. The molecule has 3 atom stereocenters. The summed E-state index contributed by atoms with van der Waals surface area (Å²) in [5.74, 6) is -1.41. The van der Waals surface area contributed by atoms with Crippen molar-refractivity contribution in [2.75, 3.05) is 6.61 Å². The molecule has 0 spiro atoms. The number of amides is 1. The number of hydrogen-bond acceptors (Lipinski definition) is 8. The van der Waals surface area contributed by atoms with Gasteiger partial charge in [-0.3, -0.25) is 9.47 Å². The van der Waals surface area contributed by atoms with Crippen molar-refractivity contribution in [2.24, 2.45) is 7.05 Å². The molecule has 2 aliphatic rings. The molecular weight excluding hydrogens is 524 g/mol. The molecule has 0 bridgehead atoms. The highest BCUT2D eigenvalue weighted by molar-refractivity contribution is 5.68. The first kappa shape index (κ1) is 27.0. The number of alkyl halides is 2. The van der Waals surface area contributed by atoms with Crippen molar-refractivity contribution in [2.45, 2.75) is 70.6 Å². The average Bonchev–Trinajstić information content (AvgIpc) is 3.53. The number of aryl methyl sites for hydroxylation is 1. The van der Waals surface area contributed by atoms with E-state index < -0.39 is 42.0 Å². The highest BCUT2D eigenvalue weighted by Gasteiger charge is 2.41. The van der Waals surface area contributed by atoms with Gasteiger partial charge >= 0.3 is 12.6 Å². The Morgan fingerprint density at radius 3 is 2.67 bits per heavy atom. The number of ether oxygens (including phenoxy) is 2. The van der Waals surface area contributed by atoms with Crippen LogP contribution in [0.5, 0.6) is 0 Å². The average molecular weight is 553 g/mol. The van der Waals surface area contributed by atoms with Crippen molar-refractivity contribution in [1.82, 2.24) is 40.0 Å². The molecule has 1 fully saturated rings. The summed E-state index contributed by atoms with van der Waals surface area (Å²) in [4.78, 5) is 20.1. The van der Waals surface area contributed by atoms with Gasteiger partial charge in [0.15, 0.2) is 5.82 Å². The third-order valence-corrected chi connectivity index (χ3v) is 6.54. The fourth-order valence-corrected chi connectivity index (χ4v) is 4.95. The van der Waals surface area contributed by atoms with Gasteiger partial charge in [-0.15, -0.1) is 10.2 Å². The molecule has 210 valence electrons. The zero-order chi connectivity index (χ0) is 28.1. The molecule has 1 saturated heterocycles. The maximum absolute atomic E-state index is 14.7. The first-order valence-electron chi connectivity index (χ1n) is 12.3. The van der Waals surface area contributed by atoms with Crippen LogP contribution in [0.4, 0.5) is 22.4 Å². The molecule has 0 saturated carbocycles. The Labute approximate surface area is 221 Å². The molecule has 0 aliphatic carbocycles. The number of halogens is 4. The van der Waals surface area contributed by atoms with E-state index in [1.807, 2.05) is 4.90 Å². The largest absolute Gasteiger partial charge is 0.444 e. The van der Waals surface area contributed by atoms with Gasteiger partial charge in [-0.25, -0.2) is 18.6 Å². The van der Waals surface area contributed by atoms with Crippen LogP contribution < -0.4 is 5.32 Å². The van der Waals surface area contributed by atoms with E-state index >= 15 is 0 Å². The Morgan fingerprint density at radius 1 is 1.23 bits per heavy atom. The molecule has 11 nitrogen and oxygen atoms in total. The summed E-state index contributed by atoms with van der Waals surface area (Å²) in [5.41, 5.74) is -0.0775. The molecule has 0 radical (unpaired) electrons. The zero-order valence-electron chi connectivity index (χ0n) is 21.7. The fourth-order valence-electron chi connectivity index (χ4n) is 4.95. The summed E-state index contributed by atoms with van der Waals surface area (Å²) in [7, 11) is 1.52. The highest BCUT2D eigenvalue weighted by Crippen LogP contribution is 2.37. The van der Waals surface area contributed by atoms with Gasteiger partial charge in [0.1, 0.15) is 23.3 Å². The van der Waals surface area contributed by atoms with E-state index in [0.29, 0.717) is 11.4 Å². The summed E-state index contributed by atoms with van der Waals surface area (Å²) in [5, 5.41) is 14.2. The minimum absolute atomic E-state index is 0.0127. The Kier molecular flexibility index (Phi) is 7.05. The molecule has 39 heavy (non-hydrogen) atoms. The second-order valence-electron chi connectivity index (χ2n) is 10.5. The summed E-state index contributed by atoms with van der Waals surface area (Å²) < 4.78 is 69.0. The van der Waals surface area contributed by atoms with E-state index in [4.69, 9.17) is 9.47 Å². The van der Waals surface area contributed by atoms with E-state index in [0.717, 1.165) is 27.6 Å². The smallest absolute Gasteiger partial charge is 0.407 e. The van der Waals surface area contributed by atoms with E-state index in [1.54, 1.807) is 20.8 Å². The van der Waals surface area contributed by atoms with Gasteiger partial charge < -0.3 is 14.8 Å². The molecule has 4 heterocycles. The predicted octanol–water partition coefficient (Wildman–Crippen LogP) is 3.49. The lowest BCUT2D eigenvalue weighted by molar-refractivity contribution is -0.0633. The SMILES string of the molecule is Cn1nnc(-c2nc3c(n2C(F)F)CN([C@H]2CO[C@H](c4cc(F)ccc4F)[C@@H](NC(=O)OC(C)(C)C)C2)C3)n1. The molecule has 0 unspecified atom stereocenters. The number of aromatic nitrogens is 6. The second kappa shape index (κ2) is 10.2. The van der Waals surface area contributed by atoms with Crippen molar-refractivity contribution in [1.29, 1.82) is 0 Å². The minimum Gasteiger partial charge on any atom is -0.444 e. The number of alkyl carbamates (subject to hydrolysis) is 1. The summed E-state index contributed by atoms with van der Waals surface area (Å²) >= 11 is 0. The van der Waals surface area contributed by atoms with Crippen LogP contribution in [0, 0.1) is 11.6 Å². The van der Waals surface area contributed by atoms with Crippen LogP contribution in [0.2, 0.25) is 0 Å². The van der Waals surface area contributed by atoms with Gasteiger partial charge in [-0.05, 0) is 50.6 Å². The quantitative estimate of drug-likeness (QED) is 0.479. The van der Waals surface area contributed by atoms with Crippen molar-refractivity contribution in [3.8, 4) is 11.6 Å². The van der Waals surface area contributed by atoms with Crippen LogP contribution in [-0.2, 0) is 29.6 Å². The van der Waals surface area contributed by atoms with Crippen molar-refractivity contribution in [3.05, 3.63) is 46.8 Å². The van der Waals surface area contributed by atoms with Gasteiger partial charge in [0.25, 0.3) is 0 Å². The van der Waals surface area contributed by atoms with Crippen molar-refractivity contribution < 1.29 is 31.8 Å². The Morgan fingerprint density at radius 2 is 2.00 bits per heavy atom. The molecule has 3 aromatic rings. The molecule has 1 aromatic carbocycles. The topological polar surface area (TPSA) is 112 Å². The number of nitrogens with zero attached hydrogens (tertiary/aromatic N) is 7. The Hall–Kier alpha value is -3.59. The number of imidazole rings is 1. The van der Waals surface area contributed by atoms with E-state index in [2.05, 4.69) is 25.7 Å². The van der Waals surface area contributed by atoms with Crippen molar-refractivity contribution in [3.63, 3.8) is 0 Å². The van der Waals surface area contributed by atoms with E-state index in [9.17, 15) is 22.4 Å². The Bertz CT molecular complexity index is 1370. The van der Waals surface area contributed by atoms with E-state index in [-0.39, 0.29) is 49.4 Å². The summed E-state index contributed by atoms with van der Waals surface area (Å²) in [6.07, 6.45) is -1.47. The summed E-state index contributed by atoms with van der Waals surface area (Å²) in [6, 6.07) is 1.89. The fraction of sp³-hybridized carbons (Fsp3) is 0.542. The molecular formula is C24H28F4N8O3. The maximum Gasteiger partial charge on any atom is 0.407 e. The molecule has 15 heteroatoms. The number of nitrogens with one attached hydrogen (secondary N) is 1. The molecule has 2 aromatic heterocycles. The molecule has 2 aliphatic heterocycles. The number of carbonyl (C=O) groups excluding carboxylic acids is 1. The third-order valence-electron chi connectivity index (χ3n) is 6.54. The number of fused-ring (bicyclic) bond motifs is 1. The van der Waals surface area contributed by atoms with Crippen molar-refractivity contribution >= 4 is 6.09 Å². The normalized spacial score (nSPS) is 21.8. The second-order valence-corrected chi connectivity index (χ2v) is 10.5. The van der Waals surface area contributed by atoms with Gasteiger partial charge in [-0.1, -0.05) is 0 Å². The number of hydrogen-bond donors (Lipinski definition) is 1. The van der Waals surface area contributed by atoms with Gasteiger partial charge in [0.2, 0.25) is 5.82 Å². The maximum atomic E-state index is 14.7. The van der Waals surface area contributed by atoms with Gasteiger partial charge in [0, 0.05) is 24.7 Å².